The molecule has 1 aliphatic rings. The first kappa shape index (κ1) is 14.9. The maximum atomic E-state index is 13.1. The smallest absolute Gasteiger partial charge is 0.271 e. The first-order valence-electron chi connectivity index (χ1n) is 6.90. The van der Waals surface area contributed by atoms with E-state index in [1.807, 2.05) is 13.8 Å². The number of nitrogens with zero attached hydrogens (tertiary/aromatic N) is 3. The van der Waals surface area contributed by atoms with Crippen molar-refractivity contribution in [3.63, 3.8) is 0 Å². The van der Waals surface area contributed by atoms with E-state index in [1.165, 1.54) is 0 Å². The molecule has 0 bridgehead atoms. The van der Waals surface area contributed by atoms with Crippen molar-refractivity contribution in [1.82, 2.24) is 20.3 Å². The highest BCUT2D eigenvalue weighted by Gasteiger charge is 2.35. The van der Waals surface area contributed by atoms with E-state index in [0.717, 1.165) is 0 Å². The predicted molar refractivity (Wildman–Crippen MR) is 69.8 cm³/mol. The van der Waals surface area contributed by atoms with Crippen molar-refractivity contribution < 1.29 is 13.6 Å². The molecule has 2 rings (SSSR count). The molecule has 0 spiro atoms. The fourth-order valence-corrected chi connectivity index (χ4v) is 2.44. The molecule has 1 aliphatic carbocycles. The van der Waals surface area contributed by atoms with Crippen molar-refractivity contribution in [1.29, 1.82) is 0 Å². The van der Waals surface area contributed by atoms with Gasteiger partial charge < -0.3 is 5.32 Å². The second kappa shape index (κ2) is 5.46. The molecule has 0 aliphatic heterocycles. The van der Waals surface area contributed by atoms with Crippen LogP contribution in [0.5, 0.6) is 0 Å². The predicted octanol–water partition coefficient (Wildman–Crippen LogP) is 2.48. The van der Waals surface area contributed by atoms with Gasteiger partial charge in [-0.15, -0.1) is 5.10 Å². The summed E-state index contributed by atoms with van der Waals surface area (Å²) >= 11 is 0. The van der Waals surface area contributed by atoms with Crippen molar-refractivity contribution in [2.75, 3.05) is 0 Å². The van der Waals surface area contributed by atoms with Crippen LogP contribution in [-0.2, 0) is 0 Å². The van der Waals surface area contributed by atoms with Crippen LogP contribution in [0.15, 0.2) is 0 Å². The maximum absolute atomic E-state index is 13.1. The third-order valence-electron chi connectivity index (χ3n) is 3.62. The number of carbonyl (C=O) groups excluding carboxylic acids is 1. The van der Waals surface area contributed by atoms with Crippen LogP contribution in [0.4, 0.5) is 8.78 Å². The molecule has 1 amide bonds. The third kappa shape index (κ3) is 3.13. The molecular formula is C13H20F2N4O. The average molecular weight is 286 g/mol. The monoisotopic (exact) mass is 286 g/mol. The molecule has 1 N–H and O–H groups in total. The van der Waals surface area contributed by atoms with Crippen LogP contribution in [0, 0.1) is 6.92 Å². The molecule has 20 heavy (non-hydrogen) atoms. The minimum absolute atomic E-state index is 0.0210. The Balaban J connectivity index is 2.04. The van der Waals surface area contributed by atoms with Gasteiger partial charge in [0.2, 0.25) is 5.92 Å². The van der Waals surface area contributed by atoms with Gasteiger partial charge in [0.25, 0.3) is 5.91 Å². The minimum atomic E-state index is -2.58. The van der Waals surface area contributed by atoms with E-state index >= 15 is 0 Å². The fraction of sp³-hybridized carbons (Fsp3) is 0.769. The Labute approximate surface area is 116 Å². The molecule has 0 atom stereocenters. The molecule has 5 nitrogen and oxygen atoms in total. The molecule has 0 saturated heterocycles. The number of rotatable bonds is 3. The van der Waals surface area contributed by atoms with Gasteiger partial charge in [-0.25, -0.2) is 13.5 Å². The number of hydrogen-bond acceptors (Lipinski definition) is 3. The Kier molecular flexibility index (Phi) is 4.06. The summed E-state index contributed by atoms with van der Waals surface area (Å²) in [4.78, 5) is 12.3. The number of halogens is 2. The zero-order valence-corrected chi connectivity index (χ0v) is 12.0. The van der Waals surface area contributed by atoms with E-state index in [1.54, 1.807) is 11.6 Å². The van der Waals surface area contributed by atoms with Gasteiger partial charge in [0.1, 0.15) is 5.69 Å². The van der Waals surface area contributed by atoms with Crippen LogP contribution in [0.3, 0.4) is 0 Å². The molecule has 7 heteroatoms. The standard InChI is InChI=1S/C13H20F2N4O/c1-8(2)19-11(9(3)17-18-19)12(20)16-10-4-6-13(14,15)7-5-10/h8,10H,4-7H2,1-3H3,(H,16,20). The van der Waals surface area contributed by atoms with Gasteiger partial charge in [-0.1, -0.05) is 5.21 Å². The third-order valence-corrected chi connectivity index (χ3v) is 3.62. The molecule has 0 aromatic carbocycles. The molecule has 112 valence electrons. The van der Waals surface area contributed by atoms with Crippen molar-refractivity contribution in [2.45, 2.75) is 64.5 Å². The largest absolute Gasteiger partial charge is 0.348 e. The summed E-state index contributed by atoms with van der Waals surface area (Å²) in [6.07, 6.45) is 0.277. The van der Waals surface area contributed by atoms with Gasteiger partial charge >= 0.3 is 0 Å². The fourth-order valence-electron chi connectivity index (χ4n) is 2.44. The summed E-state index contributed by atoms with van der Waals surface area (Å²) in [7, 11) is 0. The van der Waals surface area contributed by atoms with Gasteiger partial charge in [0.05, 0.1) is 5.69 Å². The number of aryl methyl sites for hydroxylation is 1. The van der Waals surface area contributed by atoms with Crippen molar-refractivity contribution >= 4 is 5.91 Å². The van der Waals surface area contributed by atoms with Gasteiger partial charge in [-0.05, 0) is 33.6 Å². The summed E-state index contributed by atoms with van der Waals surface area (Å²) in [6, 6.07) is -0.176. The lowest BCUT2D eigenvalue weighted by Gasteiger charge is -2.28. The zero-order chi connectivity index (χ0) is 14.9. The Bertz CT molecular complexity index is 489. The zero-order valence-electron chi connectivity index (χ0n) is 12.0. The van der Waals surface area contributed by atoms with Crippen molar-refractivity contribution in [2.24, 2.45) is 0 Å². The topological polar surface area (TPSA) is 59.8 Å². The lowest BCUT2D eigenvalue weighted by atomic mass is 9.92. The normalized spacial score (nSPS) is 19.3. The number of amides is 1. The van der Waals surface area contributed by atoms with Crippen LogP contribution >= 0.6 is 0 Å². The molecule has 0 radical (unpaired) electrons. The van der Waals surface area contributed by atoms with Crippen molar-refractivity contribution in [3.8, 4) is 0 Å². The van der Waals surface area contributed by atoms with Gasteiger partial charge in [-0.2, -0.15) is 0 Å². The van der Waals surface area contributed by atoms with Crippen LogP contribution in [0.25, 0.3) is 0 Å². The van der Waals surface area contributed by atoms with Crippen LogP contribution in [0.1, 0.15) is 61.8 Å². The lowest BCUT2D eigenvalue weighted by molar-refractivity contribution is -0.0399. The molecular weight excluding hydrogens is 266 g/mol. The highest BCUT2D eigenvalue weighted by molar-refractivity contribution is 5.93. The Morgan fingerprint density at radius 3 is 2.55 bits per heavy atom. The highest BCUT2D eigenvalue weighted by Crippen LogP contribution is 2.33. The Hall–Kier alpha value is -1.53. The second-order valence-electron chi connectivity index (χ2n) is 5.67. The highest BCUT2D eigenvalue weighted by atomic mass is 19.3. The van der Waals surface area contributed by atoms with E-state index in [4.69, 9.17) is 0 Å². The van der Waals surface area contributed by atoms with Gasteiger partial charge in [0.15, 0.2) is 0 Å². The van der Waals surface area contributed by atoms with E-state index < -0.39 is 5.92 Å². The van der Waals surface area contributed by atoms with Crippen molar-refractivity contribution in [3.05, 3.63) is 11.4 Å². The van der Waals surface area contributed by atoms with Crippen LogP contribution in [-0.4, -0.2) is 32.9 Å². The molecule has 1 fully saturated rings. The van der Waals surface area contributed by atoms with Crippen LogP contribution < -0.4 is 5.32 Å². The van der Waals surface area contributed by atoms with E-state index in [0.29, 0.717) is 24.2 Å². The number of aromatic nitrogens is 3. The second-order valence-corrected chi connectivity index (χ2v) is 5.67. The van der Waals surface area contributed by atoms with Gasteiger partial charge in [-0.3, -0.25) is 4.79 Å². The molecule has 0 unspecified atom stereocenters. The molecule has 1 aromatic rings. The molecule has 1 heterocycles. The number of nitrogens with one attached hydrogen (secondary N) is 1. The maximum Gasteiger partial charge on any atom is 0.271 e. The van der Waals surface area contributed by atoms with E-state index in [9.17, 15) is 13.6 Å². The number of carbonyl (C=O) groups is 1. The van der Waals surface area contributed by atoms with E-state index in [-0.39, 0.29) is 30.8 Å². The number of alkyl halides is 2. The first-order valence-corrected chi connectivity index (χ1v) is 6.90. The summed E-state index contributed by atoms with van der Waals surface area (Å²) in [6.45, 7) is 5.54. The van der Waals surface area contributed by atoms with Gasteiger partial charge in [0, 0.05) is 24.9 Å². The SMILES string of the molecule is Cc1nnn(C(C)C)c1C(=O)NC1CCC(F)(F)CC1. The average Bonchev–Trinajstić information content (AvgIpc) is 2.74. The quantitative estimate of drug-likeness (QED) is 0.928. The summed E-state index contributed by atoms with van der Waals surface area (Å²) in [5.41, 5.74) is 0.967. The summed E-state index contributed by atoms with van der Waals surface area (Å²) in [5.74, 6) is -2.87. The van der Waals surface area contributed by atoms with E-state index in [2.05, 4.69) is 15.6 Å². The lowest BCUT2D eigenvalue weighted by Crippen LogP contribution is -2.41. The molecule has 1 aromatic heterocycles. The molecule has 1 saturated carbocycles. The Morgan fingerprint density at radius 2 is 2.00 bits per heavy atom. The summed E-state index contributed by atoms with van der Waals surface area (Å²) in [5, 5.41) is 10.7. The first-order chi connectivity index (χ1) is 9.30. The minimum Gasteiger partial charge on any atom is -0.348 e. The number of hydrogen-bond donors (Lipinski definition) is 1. The summed E-state index contributed by atoms with van der Waals surface area (Å²) < 4.78 is 27.7. The Morgan fingerprint density at radius 1 is 1.40 bits per heavy atom. The van der Waals surface area contributed by atoms with Crippen LogP contribution in [0.2, 0.25) is 0 Å².